The minimum absolute atomic E-state index is 0.0370. The van der Waals surface area contributed by atoms with Crippen molar-refractivity contribution in [2.45, 2.75) is 6.61 Å². The van der Waals surface area contributed by atoms with Gasteiger partial charge in [0.1, 0.15) is 12.2 Å². The fraction of sp³-hybridized carbons (Fsp3) is 0.120. The van der Waals surface area contributed by atoms with Gasteiger partial charge in [-0.1, -0.05) is 30.3 Å². The summed E-state index contributed by atoms with van der Waals surface area (Å²) in [6.45, 7) is 0.522. The molecule has 0 saturated carbocycles. The van der Waals surface area contributed by atoms with Crippen molar-refractivity contribution in [3.05, 3.63) is 83.4 Å². The normalized spacial score (nSPS) is 15.7. The summed E-state index contributed by atoms with van der Waals surface area (Å²) in [6, 6.07) is 19.8. The first-order valence-electron chi connectivity index (χ1n) is 10.2. The molecule has 2 aliphatic heterocycles. The van der Waals surface area contributed by atoms with E-state index in [-0.39, 0.29) is 12.4 Å². The smallest absolute Gasteiger partial charge is 0.282 e. The van der Waals surface area contributed by atoms with Gasteiger partial charge in [-0.3, -0.25) is 15.0 Å². The van der Waals surface area contributed by atoms with Crippen molar-refractivity contribution in [1.82, 2.24) is 5.43 Å². The van der Waals surface area contributed by atoms with Crippen LogP contribution in [-0.4, -0.2) is 25.7 Å². The largest absolute Gasteiger partial charge is 0.493 e. The van der Waals surface area contributed by atoms with Crippen LogP contribution in [0.5, 0.6) is 23.0 Å². The molecule has 33 heavy (non-hydrogen) atoms. The molecule has 3 aromatic rings. The molecule has 8 heteroatoms. The number of nitrogens with zero attached hydrogens (tertiary/aromatic N) is 1. The molecular weight excluding hydrogens is 424 g/mol. The molecule has 1 N–H and O–H groups in total. The number of amides is 2. The summed E-state index contributed by atoms with van der Waals surface area (Å²) < 4.78 is 22.1. The summed E-state index contributed by atoms with van der Waals surface area (Å²) >= 11 is 0. The summed E-state index contributed by atoms with van der Waals surface area (Å²) in [4.78, 5) is 25.2. The Hall–Kier alpha value is -4.46. The number of hydrogen-bond donors (Lipinski definition) is 1. The van der Waals surface area contributed by atoms with E-state index in [1.54, 1.807) is 42.5 Å². The van der Waals surface area contributed by atoms with E-state index in [1.165, 1.54) is 18.2 Å². The molecule has 0 atom stereocenters. The van der Waals surface area contributed by atoms with Crippen molar-refractivity contribution in [3.8, 4) is 23.0 Å². The predicted octanol–water partition coefficient (Wildman–Crippen LogP) is 3.46. The van der Waals surface area contributed by atoms with E-state index in [0.717, 1.165) is 5.56 Å². The minimum Gasteiger partial charge on any atom is -0.493 e. The average Bonchev–Trinajstić information content (AvgIpc) is 3.43. The lowest BCUT2D eigenvalue weighted by molar-refractivity contribution is -0.117. The molecule has 0 aromatic heterocycles. The number of rotatable bonds is 6. The second kappa shape index (κ2) is 8.58. The zero-order valence-corrected chi connectivity index (χ0v) is 17.7. The van der Waals surface area contributed by atoms with Crippen molar-refractivity contribution >= 4 is 23.6 Å². The molecule has 166 valence electrons. The monoisotopic (exact) mass is 444 g/mol. The fourth-order valence-electron chi connectivity index (χ4n) is 3.57. The first kappa shape index (κ1) is 20.4. The van der Waals surface area contributed by atoms with Gasteiger partial charge < -0.3 is 18.9 Å². The summed E-state index contributed by atoms with van der Waals surface area (Å²) in [7, 11) is 1.53. The molecule has 3 aromatic carbocycles. The predicted molar refractivity (Wildman–Crippen MR) is 120 cm³/mol. The van der Waals surface area contributed by atoms with Gasteiger partial charge in [-0.15, -0.1) is 0 Å². The van der Waals surface area contributed by atoms with Gasteiger partial charge in [0.25, 0.3) is 11.8 Å². The molecule has 0 bridgehead atoms. The molecule has 2 amide bonds. The van der Waals surface area contributed by atoms with E-state index in [2.05, 4.69) is 5.43 Å². The minimum atomic E-state index is -0.467. The van der Waals surface area contributed by atoms with Crippen LogP contribution >= 0.6 is 0 Å². The Balaban J connectivity index is 1.33. The number of ether oxygens (including phenoxy) is 4. The van der Waals surface area contributed by atoms with Crippen LogP contribution in [0.4, 0.5) is 5.69 Å². The van der Waals surface area contributed by atoms with E-state index >= 15 is 0 Å². The quantitative estimate of drug-likeness (QED) is 0.463. The van der Waals surface area contributed by atoms with Crippen LogP contribution in [0.25, 0.3) is 6.08 Å². The van der Waals surface area contributed by atoms with Gasteiger partial charge in [-0.25, -0.2) is 5.01 Å². The Morgan fingerprint density at radius 2 is 1.79 bits per heavy atom. The third-order valence-electron chi connectivity index (χ3n) is 5.24. The molecule has 2 heterocycles. The molecular formula is C25H20N2O6. The van der Waals surface area contributed by atoms with Gasteiger partial charge in [0.15, 0.2) is 23.0 Å². The topological polar surface area (TPSA) is 86.3 Å². The summed E-state index contributed by atoms with van der Waals surface area (Å²) in [5, 5.41) is 1.23. The fourth-order valence-corrected chi connectivity index (χ4v) is 3.57. The Morgan fingerprint density at radius 1 is 0.970 bits per heavy atom. The Kier molecular flexibility index (Phi) is 5.32. The lowest BCUT2D eigenvalue weighted by Gasteiger charge is -2.14. The van der Waals surface area contributed by atoms with Crippen molar-refractivity contribution in [2.24, 2.45) is 0 Å². The third kappa shape index (κ3) is 4.06. The van der Waals surface area contributed by atoms with Crippen LogP contribution in [0.3, 0.4) is 0 Å². The van der Waals surface area contributed by atoms with Gasteiger partial charge in [0.2, 0.25) is 6.79 Å². The zero-order valence-electron chi connectivity index (χ0n) is 17.7. The molecule has 2 aliphatic rings. The van der Waals surface area contributed by atoms with Gasteiger partial charge in [-0.2, -0.15) is 0 Å². The van der Waals surface area contributed by atoms with E-state index in [9.17, 15) is 9.59 Å². The maximum absolute atomic E-state index is 12.8. The van der Waals surface area contributed by atoms with Crippen LogP contribution in [-0.2, 0) is 16.2 Å². The highest BCUT2D eigenvalue weighted by Gasteiger charge is 2.34. The highest BCUT2D eigenvalue weighted by molar-refractivity contribution is 6.31. The van der Waals surface area contributed by atoms with Crippen molar-refractivity contribution in [3.63, 3.8) is 0 Å². The first-order chi connectivity index (χ1) is 16.1. The lowest BCUT2D eigenvalue weighted by atomic mass is 10.1. The van der Waals surface area contributed by atoms with Crippen molar-refractivity contribution in [2.75, 3.05) is 18.9 Å². The second-order valence-electron chi connectivity index (χ2n) is 7.36. The molecule has 5 rings (SSSR count). The number of hydrogen-bond acceptors (Lipinski definition) is 6. The van der Waals surface area contributed by atoms with Gasteiger partial charge in [0.05, 0.1) is 12.8 Å². The number of benzene rings is 3. The Morgan fingerprint density at radius 3 is 2.61 bits per heavy atom. The number of fused-ring (bicyclic) bond motifs is 1. The Labute approximate surface area is 189 Å². The van der Waals surface area contributed by atoms with Crippen LogP contribution in [0.2, 0.25) is 0 Å². The van der Waals surface area contributed by atoms with Gasteiger partial charge >= 0.3 is 0 Å². The number of carbonyl (C=O) groups excluding carboxylic acids is 2. The number of nitrogens with one attached hydrogen (secondary N) is 1. The van der Waals surface area contributed by atoms with Gasteiger partial charge in [0, 0.05) is 0 Å². The van der Waals surface area contributed by atoms with Gasteiger partial charge in [-0.05, 0) is 53.6 Å². The maximum atomic E-state index is 12.8. The van der Waals surface area contributed by atoms with E-state index in [0.29, 0.717) is 40.9 Å². The van der Waals surface area contributed by atoms with Crippen LogP contribution < -0.4 is 29.4 Å². The van der Waals surface area contributed by atoms with E-state index in [1.807, 2.05) is 24.3 Å². The molecule has 0 radical (unpaired) electrons. The van der Waals surface area contributed by atoms with Crippen molar-refractivity contribution < 1.29 is 28.5 Å². The van der Waals surface area contributed by atoms with E-state index in [4.69, 9.17) is 18.9 Å². The summed E-state index contributed by atoms with van der Waals surface area (Å²) in [6.07, 6.45) is 1.53. The SMILES string of the molecule is COc1cc(/C=C2\C(=O)NN(c3ccccc3)C2=O)ccc1OCc1ccc2c(c1)OCO2. The standard InChI is InChI=1S/C25H20N2O6/c1-30-22-12-16(11-19-24(28)26-27(25(19)29)18-5-3-2-4-6-18)7-9-20(22)31-14-17-8-10-21-23(13-17)33-15-32-21/h2-13H,14-15H2,1H3,(H,26,28)/b19-11+. The van der Waals surface area contributed by atoms with Crippen LogP contribution in [0.15, 0.2) is 72.3 Å². The number of para-hydroxylation sites is 1. The molecule has 0 aliphatic carbocycles. The number of methoxy groups -OCH3 is 1. The molecule has 1 saturated heterocycles. The molecule has 0 spiro atoms. The third-order valence-corrected chi connectivity index (χ3v) is 5.24. The molecule has 0 unspecified atom stereocenters. The molecule has 8 nitrogen and oxygen atoms in total. The summed E-state index contributed by atoms with van der Waals surface area (Å²) in [5.41, 5.74) is 4.77. The average molecular weight is 444 g/mol. The number of anilines is 1. The highest BCUT2D eigenvalue weighted by atomic mass is 16.7. The number of hydrazine groups is 1. The molecule has 1 fully saturated rings. The van der Waals surface area contributed by atoms with Crippen molar-refractivity contribution in [1.29, 1.82) is 0 Å². The highest BCUT2D eigenvalue weighted by Crippen LogP contribution is 2.34. The van der Waals surface area contributed by atoms with E-state index < -0.39 is 11.8 Å². The zero-order chi connectivity index (χ0) is 22.8. The first-order valence-corrected chi connectivity index (χ1v) is 10.2. The summed E-state index contributed by atoms with van der Waals surface area (Å²) in [5.74, 6) is 1.53. The lowest BCUT2D eigenvalue weighted by Crippen LogP contribution is -2.35. The second-order valence-corrected chi connectivity index (χ2v) is 7.36. The van der Waals surface area contributed by atoms with Crippen LogP contribution in [0.1, 0.15) is 11.1 Å². The maximum Gasteiger partial charge on any atom is 0.282 e. The van der Waals surface area contributed by atoms with Crippen LogP contribution in [0, 0.1) is 0 Å². The Bertz CT molecular complexity index is 1260. The number of carbonyl (C=O) groups is 2.